The number of aryl methyl sites for hydroxylation is 1. The predicted molar refractivity (Wildman–Crippen MR) is 70.0 cm³/mol. The van der Waals surface area contributed by atoms with Gasteiger partial charge in [-0.25, -0.2) is 9.37 Å². The molecule has 5 heteroatoms. The van der Waals surface area contributed by atoms with E-state index in [0.29, 0.717) is 10.3 Å². The van der Waals surface area contributed by atoms with Crippen molar-refractivity contribution in [1.82, 2.24) is 9.55 Å². The Morgan fingerprint density at radius 3 is 3.00 bits per heavy atom. The van der Waals surface area contributed by atoms with Crippen molar-refractivity contribution in [2.24, 2.45) is 0 Å². The van der Waals surface area contributed by atoms with Gasteiger partial charge in [-0.1, -0.05) is 6.07 Å². The standard InChI is InChI=1S/C13H12BrFN2O/c1-2-17-7-6-16-12(17)8-11(18)9-4-3-5-10(14)13(9)15/h3-7H,2,8H2,1H3. The number of benzene rings is 1. The van der Waals surface area contributed by atoms with Crippen LogP contribution in [0, 0.1) is 5.82 Å². The topological polar surface area (TPSA) is 34.9 Å². The fourth-order valence-electron chi connectivity index (χ4n) is 1.75. The molecule has 0 fully saturated rings. The summed E-state index contributed by atoms with van der Waals surface area (Å²) in [6.07, 6.45) is 3.55. The van der Waals surface area contributed by atoms with Gasteiger partial charge in [-0.05, 0) is 35.0 Å². The van der Waals surface area contributed by atoms with Crippen molar-refractivity contribution in [2.45, 2.75) is 19.9 Å². The van der Waals surface area contributed by atoms with Gasteiger partial charge < -0.3 is 4.57 Å². The zero-order chi connectivity index (χ0) is 13.1. The predicted octanol–water partition coefficient (Wildman–Crippen LogP) is 3.23. The summed E-state index contributed by atoms with van der Waals surface area (Å²) in [5.41, 5.74) is 0.0926. The largest absolute Gasteiger partial charge is 0.335 e. The van der Waals surface area contributed by atoms with Gasteiger partial charge in [0.2, 0.25) is 0 Å². The van der Waals surface area contributed by atoms with E-state index in [9.17, 15) is 9.18 Å². The number of halogens is 2. The van der Waals surface area contributed by atoms with Crippen LogP contribution in [0.4, 0.5) is 4.39 Å². The molecule has 1 heterocycles. The molecular weight excluding hydrogens is 299 g/mol. The molecule has 18 heavy (non-hydrogen) atoms. The van der Waals surface area contributed by atoms with Crippen LogP contribution in [0.3, 0.4) is 0 Å². The van der Waals surface area contributed by atoms with Gasteiger partial charge in [-0.3, -0.25) is 4.79 Å². The zero-order valence-electron chi connectivity index (χ0n) is 9.86. The summed E-state index contributed by atoms with van der Waals surface area (Å²) in [5.74, 6) is -0.131. The minimum absolute atomic E-state index is 0.0926. The van der Waals surface area contributed by atoms with Crippen LogP contribution in [0.5, 0.6) is 0 Å². The van der Waals surface area contributed by atoms with Crippen molar-refractivity contribution in [2.75, 3.05) is 0 Å². The van der Waals surface area contributed by atoms with Gasteiger partial charge in [0.05, 0.1) is 16.5 Å². The van der Waals surface area contributed by atoms with Crippen LogP contribution in [0.1, 0.15) is 23.1 Å². The smallest absolute Gasteiger partial charge is 0.173 e. The first-order chi connectivity index (χ1) is 8.63. The number of aromatic nitrogens is 2. The molecule has 0 atom stereocenters. The van der Waals surface area contributed by atoms with Crippen molar-refractivity contribution in [1.29, 1.82) is 0 Å². The molecule has 2 aromatic rings. The number of ketones is 1. The van der Waals surface area contributed by atoms with Gasteiger partial charge in [0.25, 0.3) is 0 Å². The normalized spacial score (nSPS) is 10.6. The Labute approximate surface area is 113 Å². The van der Waals surface area contributed by atoms with E-state index in [-0.39, 0.29) is 17.8 Å². The van der Waals surface area contributed by atoms with Crippen molar-refractivity contribution in [3.8, 4) is 0 Å². The maximum Gasteiger partial charge on any atom is 0.173 e. The molecule has 1 aromatic heterocycles. The SMILES string of the molecule is CCn1ccnc1CC(=O)c1cccc(Br)c1F. The third-order valence-electron chi connectivity index (χ3n) is 2.71. The highest BCUT2D eigenvalue weighted by atomic mass is 79.9. The molecule has 0 unspecified atom stereocenters. The highest BCUT2D eigenvalue weighted by Crippen LogP contribution is 2.19. The second-order valence-corrected chi connectivity index (χ2v) is 4.69. The van der Waals surface area contributed by atoms with E-state index in [1.807, 2.05) is 11.5 Å². The van der Waals surface area contributed by atoms with Crippen molar-refractivity contribution in [3.05, 3.63) is 52.3 Å². The molecule has 0 aliphatic heterocycles. The maximum absolute atomic E-state index is 13.8. The molecule has 1 aromatic carbocycles. The zero-order valence-corrected chi connectivity index (χ0v) is 11.4. The van der Waals surface area contributed by atoms with Gasteiger partial charge in [0.15, 0.2) is 5.78 Å². The number of nitrogens with zero attached hydrogens (tertiary/aromatic N) is 2. The second kappa shape index (κ2) is 5.44. The van der Waals surface area contributed by atoms with Gasteiger partial charge >= 0.3 is 0 Å². The van der Waals surface area contributed by atoms with E-state index in [0.717, 1.165) is 6.54 Å². The van der Waals surface area contributed by atoms with E-state index < -0.39 is 5.82 Å². The van der Waals surface area contributed by atoms with Crippen LogP contribution in [0.25, 0.3) is 0 Å². The lowest BCUT2D eigenvalue weighted by Crippen LogP contribution is -2.11. The highest BCUT2D eigenvalue weighted by molar-refractivity contribution is 9.10. The lowest BCUT2D eigenvalue weighted by atomic mass is 10.1. The summed E-state index contributed by atoms with van der Waals surface area (Å²) < 4.78 is 15.9. The van der Waals surface area contributed by atoms with Crippen molar-refractivity contribution in [3.63, 3.8) is 0 Å². The van der Waals surface area contributed by atoms with E-state index >= 15 is 0 Å². The Balaban J connectivity index is 2.25. The number of Topliss-reactive ketones (excluding diaryl/α,β-unsaturated/α-hetero) is 1. The third kappa shape index (κ3) is 2.51. The second-order valence-electron chi connectivity index (χ2n) is 3.83. The number of imidazole rings is 1. The minimum Gasteiger partial charge on any atom is -0.335 e. The third-order valence-corrected chi connectivity index (χ3v) is 3.33. The average Bonchev–Trinajstić information content (AvgIpc) is 2.79. The summed E-state index contributed by atoms with van der Waals surface area (Å²) in [5, 5.41) is 0. The lowest BCUT2D eigenvalue weighted by molar-refractivity contribution is 0.0986. The van der Waals surface area contributed by atoms with Crippen molar-refractivity contribution < 1.29 is 9.18 Å². The Morgan fingerprint density at radius 2 is 2.28 bits per heavy atom. The fourth-order valence-corrected chi connectivity index (χ4v) is 2.12. The van der Waals surface area contributed by atoms with Gasteiger partial charge in [-0.15, -0.1) is 0 Å². The van der Waals surface area contributed by atoms with Gasteiger partial charge in [0, 0.05) is 18.9 Å². The van der Waals surface area contributed by atoms with Crippen LogP contribution in [-0.4, -0.2) is 15.3 Å². The molecule has 0 aliphatic carbocycles. The Bertz CT molecular complexity index is 580. The first-order valence-electron chi connectivity index (χ1n) is 5.60. The number of rotatable bonds is 4. The summed E-state index contributed by atoms with van der Waals surface area (Å²) >= 11 is 3.07. The van der Waals surface area contributed by atoms with Gasteiger partial charge in [0.1, 0.15) is 11.6 Å². The van der Waals surface area contributed by atoms with Crippen LogP contribution in [0.2, 0.25) is 0 Å². The molecule has 0 aliphatic rings. The molecule has 0 amide bonds. The number of carbonyl (C=O) groups is 1. The molecule has 0 saturated heterocycles. The Morgan fingerprint density at radius 1 is 1.50 bits per heavy atom. The first kappa shape index (κ1) is 13.0. The molecule has 0 N–H and O–H groups in total. The van der Waals surface area contributed by atoms with Crippen LogP contribution in [0.15, 0.2) is 35.1 Å². The number of hydrogen-bond acceptors (Lipinski definition) is 2. The number of carbonyl (C=O) groups excluding carboxylic acids is 1. The van der Waals surface area contributed by atoms with Crippen LogP contribution < -0.4 is 0 Å². The average molecular weight is 311 g/mol. The molecule has 0 radical (unpaired) electrons. The van der Waals surface area contributed by atoms with E-state index in [1.165, 1.54) is 6.07 Å². The molecule has 2 rings (SSSR count). The van der Waals surface area contributed by atoms with Crippen molar-refractivity contribution >= 4 is 21.7 Å². The molecule has 0 bridgehead atoms. The summed E-state index contributed by atoms with van der Waals surface area (Å²) in [6, 6.07) is 4.70. The van der Waals surface area contributed by atoms with Crippen LogP contribution >= 0.6 is 15.9 Å². The maximum atomic E-state index is 13.8. The minimum atomic E-state index is -0.517. The molecule has 94 valence electrons. The summed E-state index contributed by atoms with van der Waals surface area (Å²) in [7, 11) is 0. The lowest BCUT2D eigenvalue weighted by Gasteiger charge is -2.05. The quantitative estimate of drug-likeness (QED) is 0.813. The summed E-state index contributed by atoms with van der Waals surface area (Å²) in [6.45, 7) is 2.71. The molecule has 0 saturated carbocycles. The fraction of sp³-hybridized carbons (Fsp3) is 0.231. The molecule has 3 nitrogen and oxygen atoms in total. The van der Waals surface area contributed by atoms with E-state index in [2.05, 4.69) is 20.9 Å². The van der Waals surface area contributed by atoms with Gasteiger partial charge in [-0.2, -0.15) is 0 Å². The highest BCUT2D eigenvalue weighted by Gasteiger charge is 2.16. The number of hydrogen-bond donors (Lipinski definition) is 0. The Kier molecular flexibility index (Phi) is 3.91. The van der Waals surface area contributed by atoms with E-state index in [4.69, 9.17) is 0 Å². The molecular formula is C13H12BrFN2O. The summed E-state index contributed by atoms with van der Waals surface area (Å²) in [4.78, 5) is 16.2. The van der Waals surface area contributed by atoms with Crippen LogP contribution in [-0.2, 0) is 13.0 Å². The molecule has 0 spiro atoms. The Hall–Kier alpha value is -1.49. The monoisotopic (exact) mass is 310 g/mol. The first-order valence-corrected chi connectivity index (χ1v) is 6.40. The van der Waals surface area contributed by atoms with E-state index in [1.54, 1.807) is 24.5 Å².